The number of aryl methyl sites for hydroxylation is 3. The number of para-hydroxylation sites is 1. The number of hydrogen-bond donors (Lipinski definition) is 1. The van der Waals surface area contributed by atoms with Gasteiger partial charge in [-0.15, -0.1) is 11.8 Å². The van der Waals surface area contributed by atoms with Crippen molar-refractivity contribution in [1.82, 2.24) is 14.5 Å². The van der Waals surface area contributed by atoms with E-state index in [0.717, 1.165) is 5.56 Å². The molecule has 3 heterocycles. The van der Waals surface area contributed by atoms with Crippen LogP contribution in [-0.2, 0) is 15.8 Å². The molecule has 0 amide bonds. The normalized spacial score (nSPS) is 11.7. The van der Waals surface area contributed by atoms with Gasteiger partial charge in [0.1, 0.15) is 11.3 Å². The van der Waals surface area contributed by atoms with Gasteiger partial charge in [0.2, 0.25) is 0 Å². The maximum absolute atomic E-state index is 12.9. The van der Waals surface area contributed by atoms with Gasteiger partial charge in [-0.05, 0) is 44.5 Å². The van der Waals surface area contributed by atoms with E-state index in [1.165, 1.54) is 22.2 Å². The first-order valence-electron chi connectivity index (χ1n) is 9.41. The Morgan fingerprint density at radius 2 is 1.90 bits per heavy atom. The Morgan fingerprint density at radius 1 is 1.13 bits per heavy atom. The fourth-order valence-electron chi connectivity index (χ4n) is 3.21. The molecule has 8 nitrogen and oxygen atoms in total. The van der Waals surface area contributed by atoms with Crippen molar-refractivity contribution in [1.29, 1.82) is 0 Å². The number of anilines is 1. The summed E-state index contributed by atoms with van der Waals surface area (Å²) in [6, 6.07) is 12.3. The SMILES string of the molecule is Cc1ccc2nc(CSc3ccccc3NS(=O)(=O)c3c(C)noc3C)cc(=O)n2c1. The lowest BCUT2D eigenvalue weighted by Gasteiger charge is -2.12. The van der Waals surface area contributed by atoms with E-state index in [1.807, 2.05) is 25.1 Å². The molecular formula is C21H20N4O4S2. The van der Waals surface area contributed by atoms with Crippen LogP contribution in [0.3, 0.4) is 0 Å². The van der Waals surface area contributed by atoms with Gasteiger partial charge in [0.25, 0.3) is 15.6 Å². The number of pyridine rings is 1. The molecule has 0 bridgehead atoms. The molecule has 0 fully saturated rings. The number of nitrogens with zero attached hydrogens (tertiary/aromatic N) is 3. The maximum atomic E-state index is 12.9. The maximum Gasteiger partial charge on any atom is 0.267 e. The number of hydrogen-bond acceptors (Lipinski definition) is 7. The molecule has 1 N–H and O–H groups in total. The zero-order valence-corrected chi connectivity index (χ0v) is 18.8. The summed E-state index contributed by atoms with van der Waals surface area (Å²) in [7, 11) is -3.86. The second kappa shape index (κ2) is 8.20. The molecule has 4 rings (SSSR count). The second-order valence-electron chi connectivity index (χ2n) is 7.06. The molecule has 10 heteroatoms. The number of fused-ring (bicyclic) bond motifs is 1. The highest BCUT2D eigenvalue weighted by atomic mass is 32.2. The lowest BCUT2D eigenvalue weighted by atomic mass is 10.3. The summed E-state index contributed by atoms with van der Waals surface area (Å²) >= 11 is 1.39. The summed E-state index contributed by atoms with van der Waals surface area (Å²) in [5, 5.41) is 3.72. The van der Waals surface area contributed by atoms with Gasteiger partial charge in [0, 0.05) is 22.9 Å². The van der Waals surface area contributed by atoms with E-state index in [1.54, 1.807) is 38.2 Å². The molecule has 0 spiro atoms. The molecule has 4 aromatic rings. The zero-order valence-electron chi connectivity index (χ0n) is 17.1. The predicted octanol–water partition coefficient (Wildman–Crippen LogP) is 3.70. The average Bonchev–Trinajstić information content (AvgIpc) is 3.06. The van der Waals surface area contributed by atoms with Gasteiger partial charge in [-0.25, -0.2) is 13.4 Å². The summed E-state index contributed by atoms with van der Waals surface area (Å²) in [5.74, 6) is 0.634. The third-order valence-electron chi connectivity index (χ3n) is 4.60. The highest BCUT2D eigenvalue weighted by molar-refractivity contribution is 7.98. The Labute approximate surface area is 183 Å². The highest BCUT2D eigenvalue weighted by Crippen LogP contribution is 2.32. The molecule has 0 aliphatic carbocycles. The topological polar surface area (TPSA) is 107 Å². The van der Waals surface area contributed by atoms with Gasteiger partial charge >= 0.3 is 0 Å². The van der Waals surface area contributed by atoms with Crippen LogP contribution in [0.2, 0.25) is 0 Å². The number of sulfonamides is 1. The van der Waals surface area contributed by atoms with Crippen molar-refractivity contribution in [3.05, 3.63) is 81.7 Å². The van der Waals surface area contributed by atoms with Crippen molar-refractivity contribution in [3.8, 4) is 0 Å². The summed E-state index contributed by atoms with van der Waals surface area (Å²) in [5.41, 5.74) is 2.73. The fourth-order valence-corrected chi connectivity index (χ4v) is 5.59. The van der Waals surface area contributed by atoms with E-state index in [-0.39, 0.29) is 16.2 Å². The lowest BCUT2D eigenvalue weighted by molar-refractivity contribution is 0.390. The molecule has 0 saturated carbocycles. The standard InChI is InChI=1S/C21H20N4O4S2/c1-13-8-9-19-22-16(10-20(26)25(19)11-13)12-30-18-7-5-4-6-17(18)24-31(27,28)21-14(2)23-29-15(21)3/h4-11,24H,12H2,1-3H3. The molecule has 3 aromatic heterocycles. The number of aromatic nitrogens is 3. The van der Waals surface area contributed by atoms with Crippen molar-refractivity contribution >= 4 is 33.1 Å². The largest absolute Gasteiger partial charge is 0.360 e. The van der Waals surface area contributed by atoms with E-state index in [2.05, 4.69) is 14.9 Å². The van der Waals surface area contributed by atoms with E-state index >= 15 is 0 Å². The van der Waals surface area contributed by atoms with Crippen LogP contribution in [0.5, 0.6) is 0 Å². The molecule has 0 aliphatic rings. The quantitative estimate of drug-likeness (QED) is 0.441. The van der Waals surface area contributed by atoms with E-state index in [4.69, 9.17) is 4.52 Å². The Kier molecular flexibility index (Phi) is 5.59. The van der Waals surface area contributed by atoms with E-state index in [9.17, 15) is 13.2 Å². The number of benzene rings is 1. The van der Waals surface area contributed by atoms with Crippen LogP contribution in [-0.4, -0.2) is 23.0 Å². The zero-order chi connectivity index (χ0) is 22.2. The van der Waals surface area contributed by atoms with Crippen LogP contribution in [0.15, 0.2) is 67.8 Å². The minimum atomic E-state index is -3.86. The third-order valence-corrected chi connectivity index (χ3v) is 7.32. The van der Waals surface area contributed by atoms with Crippen molar-refractivity contribution in [2.24, 2.45) is 0 Å². The fraction of sp³-hybridized carbons (Fsp3) is 0.190. The Balaban J connectivity index is 1.59. The van der Waals surface area contributed by atoms with Crippen molar-refractivity contribution in [2.45, 2.75) is 36.3 Å². The average molecular weight is 457 g/mol. The first kappa shape index (κ1) is 21.1. The van der Waals surface area contributed by atoms with Gasteiger partial charge in [-0.2, -0.15) is 0 Å². The van der Waals surface area contributed by atoms with Crippen LogP contribution in [0.1, 0.15) is 22.7 Å². The molecule has 0 radical (unpaired) electrons. The minimum Gasteiger partial charge on any atom is -0.360 e. The van der Waals surface area contributed by atoms with E-state index in [0.29, 0.717) is 33.4 Å². The van der Waals surface area contributed by atoms with Crippen LogP contribution in [0, 0.1) is 20.8 Å². The van der Waals surface area contributed by atoms with Gasteiger partial charge < -0.3 is 4.52 Å². The number of thioether (sulfide) groups is 1. The van der Waals surface area contributed by atoms with Crippen LogP contribution >= 0.6 is 11.8 Å². The van der Waals surface area contributed by atoms with Gasteiger partial charge in [0.05, 0.1) is 11.4 Å². The van der Waals surface area contributed by atoms with Gasteiger partial charge in [-0.1, -0.05) is 23.4 Å². The molecule has 31 heavy (non-hydrogen) atoms. The Hall–Kier alpha value is -3.11. The molecule has 0 saturated heterocycles. The first-order chi connectivity index (χ1) is 14.7. The monoisotopic (exact) mass is 456 g/mol. The second-order valence-corrected chi connectivity index (χ2v) is 9.70. The summed E-state index contributed by atoms with van der Waals surface area (Å²) in [6.45, 7) is 5.05. The summed E-state index contributed by atoms with van der Waals surface area (Å²) in [4.78, 5) is 17.7. The van der Waals surface area contributed by atoms with Gasteiger partial charge in [0.15, 0.2) is 10.7 Å². The molecule has 1 aromatic carbocycles. The molecule has 0 atom stereocenters. The molecule has 0 unspecified atom stereocenters. The molecule has 160 valence electrons. The summed E-state index contributed by atoms with van der Waals surface area (Å²) < 4.78 is 34.9. The third kappa shape index (κ3) is 4.35. The van der Waals surface area contributed by atoms with E-state index < -0.39 is 10.0 Å². The molecular weight excluding hydrogens is 436 g/mol. The first-order valence-corrected chi connectivity index (χ1v) is 11.9. The van der Waals surface area contributed by atoms with Crippen molar-refractivity contribution < 1.29 is 12.9 Å². The smallest absolute Gasteiger partial charge is 0.267 e. The molecule has 0 aliphatic heterocycles. The predicted molar refractivity (Wildman–Crippen MR) is 119 cm³/mol. The van der Waals surface area contributed by atoms with Crippen LogP contribution in [0.4, 0.5) is 5.69 Å². The lowest BCUT2D eigenvalue weighted by Crippen LogP contribution is -2.15. The number of rotatable bonds is 6. The summed E-state index contributed by atoms with van der Waals surface area (Å²) in [6.07, 6.45) is 1.75. The van der Waals surface area contributed by atoms with Crippen molar-refractivity contribution in [3.63, 3.8) is 0 Å². The van der Waals surface area contributed by atoms with Crippen LogP contribution in [0.25, 0.3) is 5.65 Å². The van der Waals surface area contributed by atoms with Crippen LogP contribution < -0.4 is 10.3 Å². The Morgan fingerprint density at radius 3 is 2.65 bits per heavy atom. The van der Waals surface area contributed by atoms with Crippen molar-refractivity contribution in [2.75, 3.05) is 4.72 Å². The number of nitrogens with one attached hydrogen (secondary N) is 1. The van der Waals surface area contributed by atoms with Gasteiger partial charge in [-0.3, -0.25) is 13.9 Å². The Bertz CT molecular complexity index is 1420. The highest BCUT2D eigenvalue weighted by Gasteiger charge is 2.25. The minimum absolute atomic E-state index is 0.0341.